The molecule has 1 atom stereocenters. The fourth-order valence-corrected chi connectivity index (χ4v) is 2.79. The van der Waals surface area contributed by atoms with Gasteiger partial charge >= 0.3 is 0 Å². The van der Waals surface area contributed by atoms with E-state index in [1.54, 1.807) is 13.0 Å². The van der Waals surface area contributed by atoms with E-state index in [1.807, 2.05) is 19.9 Å². The lowest BCUT2D eigenvalue weighted by Crippen LogP contribution is -2.21. The van der Waals surface area contributed by atoms with E-state index in [0.717, 1.165) is 5.57 Å². The minimum atomic E-state index is -0.570. The smallest absolute Gasteiger partial charge is 0.219 e. The van der Waals surface area contributed by atoms with Crippen molar-refractivity contribution in [1.82, 2.24) is 0 Å². The Hall–Kier alpha value is -0.960. The SMILES string of the molecule is C=C/C(C)=C\C1(CC)SC(=O)C(C)=C1O. The zero-order valence-corrected chi connectivity index (χ0v) is 10.1. The topological polar surface area (TPSA) is 37.3 Å². The van der Waals surface area contributed by atoms with Gasteiger partial charge in [0.2, 0.25) is 5.12 Å². The van der Waals surface area contributed by atoms with Crippen molar-refractivity contribution in [3.8, 4) is 0 Å². The van der Waals surface area contributed by atoms with E-state index < -0.39 is 4.75 Å². The second-order valence-corrected chi connectivity index (χ2v) is 5.00. The lowest BCUT2D eigenvalue weighted by atomic mass is 9.97. The van der Waals surface area contributed by atoms with Gasteiger partial charge in [-0.05, 0) is 20.3 Å². The molecule has 0 bridgehead atoms. The van der Waals surface area contributed by atoms with Gasteiger partial charge in [0, 0.05) is 5.57 Å². The number of rotatable bonds is 3. The second kappa shape index (κ2) is 4.27. The average Bonchev–Trinajstić information content (AvgIpc) is 2.44. The number of hydrogen-bond donors (Lipinski definition) is 1. The van der Waals surface area contributed by atoms with E-state index in [0.29, 0.717) is 12.0 Å². The van der Waals surface area contributed by atoms with E-state index in [1.165, 1.54) is 11.8 Å². The van der Waals surface area contributed by atoms with E-state index >= 15 is 0 Å². The molecule has 1 N–H and O–H groups in total. The molecule has 1 aliphatic heterocycles. The van der Waals surface area contributed by atoms with Crippen LogP contribution >= 0.6 is 11.8 Å². The normalized spacial score (nSPS) is 27.4. The van der Waals surface area contributed by atoms with Crippen LogP contribution in [-0.2, 0) is 4.79 Å². The highest BCUT2D eigenvalue weighted by atomic mass is 32.2. The summed E-state index contributed by atoms with van der Waals surface area (Å²) < 4.78 is -0.570. The van der Waals surface area contributed by atoms with Crippen LogP contribution in [0.15, 0.2) is 35.6 Å². The summed E-state index contributed by atoms with van der Waals surface area (Å²) in [7, 11) is 0. The zero-order chi connectivity index (χ0) is 11.6. The molecular formula is C12H16O2S. The minimum Gasteiger partial charge on any atom is -0.510 e. The van der Waals surface area contributed by atoms with Crippen LogP contribution in [0.2, 0.25) is 0 Å². The van der Waals surface area contributed by atoms with Crippen LogP contribution in [0.25, 0.3) is 0 Å². The summed E-state index contributed by atoms with van der Waals surface area (Å²) in [5.41, 5.74) is 1.44. The lowest BCUT2D eigenvalue weighted by Gasteiger charge is -2.22. The maximum absolute atomic E-state index is 11.5. The Labute approximate surface area is 94.8 Å². The molecule has 1 heterocycles. The molecule has 0 saturated heterocycles. The predicted octanol–water partition coefficient (Wildman–Crippen LogP) is 3.37. The summed E-state index contributed by atoms with van der Waals surface area (Å²) in [6.07, 6.45) is 4.33. The van der Waals surface area contributed by atoms with Gasteiger partial charge in [-0.3, -0.25) is 4.79 Å². The van der Waals surface area contributed by atoms with Crippen LogP contribution in [0, 0.1) is 0 Å². The Balaban J connectivity index is 3.20. The summed E-state index contributed by atoms with van der Waals surface area (Å²) in [5, 5.41) is 9.94. The zero-order valence-electron chi connectivity index (χ0n) is 9.33. The Morgan fingerprint density at radius 2 is 2.27 bits per heavy atom. The van der Waals surface area contributed by atoms with Crippen molar-refractivity contribution < 1.29 is 9.90 Å². The predicted molar refractivity (Wildman–Crippen MR) is 64.9 cm³/mol. The Morgan fingerprint density at radius 3 is 2.60 bits per heavy atom. The van der Waals surface area contributed by atoms with Gasteiger partial charge in [-0.1, -0.05) is 43.0 Å². The van der Waals surface area contributed by atoms with Crippen LogP contribution in [-0.4, -0.2) is 15.0 Å². The van der Waals surface area contributed by atoms with E-state index in [4.69, 9.17) is 0 Å². The maximum Gasteiger partial charge on any atom is 0.219 e. The standard InChI is InChI=1S/C12H16O2S/c1-5-8(3)7-12(6-2)10(13)9(4)11(14)15-12/h5,7,13H,1,6H2,2-4H3/b8-7-. The quantitative estimate of drug-likeness (QED) is 0.747. The summed E-state index contributed by atoms with van der Waals surface area (Å²) in [6.45, 7) is 9.21. The Morgan fingerprint density at radius 1 is 1.67 bits per heavy atom. The molecule has 0 aromatic heterocycles. The number of hydrogen-bond acceptors (Lipinski definition) is 3. The molecule has 15 heavy (non-hydrogen) atoms. The van der Waals surface area contributed by atoms with Gasteiger partial charge in [-0.25, -0.2) is 0 Å². The van der Waals surface area contributed by atoms with Crippen molar-refractivity contribution in [2.24, 2.45) is 0 Å². The van der Waals surface area contributed by atoms with Gasteiger partial charge in [0.25, 0.3) is 0 Å². The third-order valence-electron chi connectivity index (χ3n) is 2.65. The number of thioether (sulfide) groups is 1. The first-order chi connectivity index (χ1) is 6.96. The van der Waals surface area contributed by atoms with Crippen molar-refractivity contribution in [2.45, 2.75) is 31.9 Å². The molecule has 0 radical (unpaired) electrons. The van der Waals surface area contributed by atoms with E-state index in [2.05, 4.69) is 6.58 Å². The monoisotopic (exact) mass is 224 g/mol. The highest BCUT2D eigenvalue weighted by molar-refractivity contribution is 8.16. The van der Waals surface area contributed by atoms with Gasteiger partial charge in [0.15, 0.2) is 0 Å². The first kappa shape index (κ1) is 12.1. The summed E-state index contributed by atoms with van der Waals surface area (Å²) >= 11 is 1.19. The van der Waals surface area contributed by atoms with E-state index in [-0.39, 0.29) is 10.9 Å². The van der Waals surface area contributed by atoms with Crippen molar-refractivity contribution in [2.75, 3.05) is 0 Å². The van der Waals surface area contributed by atoms with Gasteiger partial charge in [-0.2, -0.15) is 0 Å². The van der Waals surface area contributed by atoms with E-state index in [9.17, 15) is 9.90 Å². The number of carbonyl (C=O) groups is 1. The van der Waals surface area contributed by atoms with Crippen LogP contribution in [0.3, 0.4) is 0 Å². The fourth-order valence-electron chi connectivity index (χ4n) is 1.57. The largest absolute Gasteiger partial charge is 0.510 e. The van der Waals surface area contributed by atoms with Crippen molar-refractivity contribution in [1.29, 1.82) is 0 Å². The highest BCUT2D eigenvalue weighted by Crippen LogP contribution is 2.46. The summed E-state index contributed by atoms with van der Waals surface area (Å²) in [4.78, 5) is 11.5. The van der Waals surface area contributed by atoms with Crippen molar-refractivity contribution in [3.63, 3.8) is 0 Å². The van der Waals surface area contributed by atoms with Crippen LogP contribution in [0.1, 0.15) is 27.2 Å². The molecule has 0 amide bonds. The molecule has 3 heteroatoms. The van der Waals surface area contributed by atoms with Gasteiger partial charge in [0.05, 0.1) is 4.75 Å². The minimum absolute atomic E-state index is 0.0394. The van der Waals surface area contributed by atoms with Crippen molar-refractivity contribution >= 4 is 16.9 Å². The summed E-state index contributed by atoms with van der Waals surface area (Å²) in [5.74, 6) is 0.196. The van der Waals surface area contributed by atoms with Crippen LogP contribution in [0.4, 0.5) is 0 Å². The molecule has 2 nitrogen and oxygen atoms in total. The number of aliphatic hydroxyl groups is 1. The van der Waals surface area contributed by atoms with Crippen LogP contribution in [0.5, 0.6) is 0 Å². The molecular weight excluding hydrogens is 208 g/mol. The first-order valence-electron chi connectivity index (χ1n) is 4.92. The molecule has 0 spiro atoms. The van der Waals surface area contributed by atoms with Gasteiger partial charge < -0.3 is 5.11 Å². The van der Waals surface area contributed by atoms with Crippen molar-refractivity contribution in [3.05, 3.63) is 35.6 Å². The molecule has 0 saturated carbocycles. The number of aliphatic hydroxyl groups excluding tert-OH is 1. The highest BCUT2D eigenvalue weighted by Gasteiger charge is 2.42. The Bertz CT molecular complexity index is 366. The van der Waals surface area contributed by atoms with Gasteiger partial charge in [-0.15, -0.1) is 0 Å². The molecule has 1 aliphatic rings. The third-order valence-corrected chi connectivity index (χ3v) is 4.10. The molecule has 1 unspecified atom stereocenters. The maximum atomic E-state index is 11.5. The Kier molecular flexibility index (Phi) is 3.45. The molecule has 0 fully saturated rings. The molecule has 0 aromatic rings. The molecule has 82 valence electrons. The number of carbonyl (C=O) groups excluding carboxylic acids is 1. The first-order valence-corrected chi connectivity index (χ1v) is 5.74. The lowest BCUT2D eigenvalue weighted by molar-refractivity contribution is -0.107. The fraction of sp³-hybridized carbons (Fsp3) is 0.417. The summed E-state index contributed by atoms with van der Waals surface area (Å²) in [6, 6.07) is 0. The average molecular weight is 224 g/mol. The molecule has 0 aromatic carbocycles. The number of allylic oxidation sites excluding steroid dienone is 2. The molecule has 0 aliphatic carbocycles. The molecule has 1 rings (SSSR count). The second-order valence-electron chi connectivity index (χ2n) is 3.70. The van der Waals surface area contributed by atoms with Crippen LogP contribution < -0.4 is 0 Å². The third kappa shape index (κ3) is 2.02. The van der Waals surface area contributed by atoms with Gasteiger partial charge in [0.1, 0.15) is 5.76 Å².